The van der Waals surface area contributed by atoms with Gasteiger partial charge in [-0.25, -0.2) is 4.39 Å². The summed E-state index contributed by atoms with van der Waals surface area (Å²) in [6.45, 7) is 2.26. The second-order valence-corrected chi connectivity index (χ2v) is 6.83. The van der Waals surface area contributed by atoms with Crippen LogP contribution in [-0.4, -0.2) is 45.0 Å². The van der Waals surface area contributed by atoms with E-state index in [1.54, 1.807) is 11.8 Å². The van der Waals surface area contributed by atoms with Gasteiger partial charge in [0, 0.05) is 24.1 Å². The number of morpholine rings is 1. The maximum Gasteiger partial charge on any atom is 0.381 e. The fourth-order valence-corrected chi connectivity index (χ4v) is 3.34. The predicted octanol–water partition coefficient (Wildman–Crippen LogP) is 3.15. The van der Waals surface area contributed by atoms with Gasteiger partial charge in [0.15, 0.2) is 0 Å². The molecule has 27 heavy (non-hydrogen) atoms. The molecule has 1 fully saturated rings. The van der Waals surface area contributed by atoms with Crippen molar-refractivity contribution < 1.29 is 18.8 Å². The maximum atomic E-state index is 13.8. The Morgan fingerprint density at radius 3 is 2.85 bits per heavy atom. The topological polar surface area (TPSA) is 90.5 Å². The van der Waals surface area contributed by atoms with Crippen LogP contribution in [0.1, 0.15) is 17.5 Å². The van der Waals surface area contributed by atoms with Gasteiger partial charge in [-0.05, 0) is 22.0 Å². The van der Waals surface area contributed by atoms with E-state index in [4.69, 9.17) is 27.9 Å². The van der Waals surface area contributed by atoms with E-state index in [1.807, 2.05) is 0 Å². The number of hydrogen-bond acceptors (Lipinski definition) is 5. The Morgan fingerprint density at radius 1 is 1.44 bits per heavy atom. The highest BCUT2D eigenvalue weighted by Crippen LogP contribution is 2.32. The van der Waals surface area contributed by atoms with Crippen molar-refractivity contribution in [2.24, 2.45) is 0 Å². The van der Waals surface area contributed by atoms with Gasteiger partial charge in [0.25, 0.3) is 0 Å². The Morgan fingerprint density at radius 2 is 2.19 bits per heavy atom. The van der Waals surface area contributed by atoms with Gasteiger partial charge in [0.1, 0.15) is 24.7 Å². The average Bonchev–Trinajstić information content (AvgIpc) is 2.99. The molecule has 2 heterocycles. The van der Waals surface area contributed by atoms with Crippen molar-refractivity contribution in [3.63, 3.8) is 0 Å². The highest BCUT2D eigenvalue weighted by Gasteiger charge is 2.28. The van der Waals surface area contributed by atoms with Gasteiger partial charge in [0.05, 0.1) is 18.2 Å². The van der Waals surface area contributed by atoms with Crippen LogP contribution in [0.5, 0.6) is 0 Å². The largest absolute Gasteiger partial charge is 0.381 e. The van der Waals surface area contributed by atoms with Crippen LogP contribution in [0.2, 0.25) is 10.0 Å². The van der Waals surface area contributed by atoms with Gasteiger partial charge in [0.2, 0.25) is 11.7 Å². The highest BCUT2D eigenvalue weighted by atomic mass is 35.5. The SMILES string of the molecule is Cc1nc([N+](=O)[O-])cn1CC(=O)N1CCOC(c2cc(F)c(Cl)cc2Cl)C1. The monoisotopic (exact) mass is 416 g/mol. The lowest BCUT2D eigenvalue weighted by atomic mass is 10.1. The minimum absolute atomic E-state index is 0.0929. The van der Waals surface area contributed by atoms with E-state index >= 15 is 0 Å². The summed E-state index contributed by atoms with van der Waals surface area (Å²) in [5.41, 5.74) is 0.408. The van der Waals surface area contributed by atoms with Gasteiger partial charge >= 0.3 is 5.82 Å². The number of ether oxygens (including phenoxy) is 1. The first-order valence-electron chi connectivity index (χ1n) is 7.98. The van der Waals surface area contributed by atoms with Crippen molar-refractivity contribution in [1.29, 1.82) is 0 Å². The molecule has 1 amide bonds. The summed E-state index contributed by atoms with van der Waals surface area (Å²) < 4.78 is 20.8. The molecule has 0 N–H and O–H groups in total. The van der Waals surface area contributed by atoms with E-state index in [2.05, 4.69) is 4.98 Å². The first kappa shape index (κ1) is 19.5. The number of aromatic nitrogens is 2. The number of rotatable bonds is 4. The zero-order valence-electron chi connectivity index (χ0n) is 14.2. The van der Waals surface area contributed by atoms with Gasteiger partial charge in [-0.15, -0.1) is 0 Å². The number of imidazole rings is 1. The van der Waals surface area contributed by atoms with Crippen LogP contribution in [0.4, 0.5) is 10.2 Å². The fraction of sp³-hybridized carbons (Fsp3) is 0.375. The summed E-state index contributed by atoms with van der Waals surface area (Å²) in [6.07, 6.45) is 0.622. The van der Waals surface area contributed by atoms with Crippen LogP contribution in [0.25, 0.3) is 0 Å². The second kappa shape index (κ2) is 7.79. The normalized spacial score (nSPS) is 17.2. The van der Waals surface area contributed by atoms with Crippen LogP contribution >= 0.6 is 23.2 Å². The quantitative estimate of drug-likeness (QED) is 0.433. The third kappa shape index (κ3) is 4.20. The van der Waals surface area contributed by atoms with E-state index in [1.165, 1.54) is 22.9 Å². The third-order valence-electron chi connectivity index (χ3n) is 4.26. The molecular weight excluding hydrogens is 402 g/mol. The molecule has 1 unspecified atom stereocenters. The molecule has 0 saturated carbocycles. The number of carbonyl (C=O) groups excluding carboxylic acids is 1. The molecule has 1 aliphatic heterocycles. The van der Waals surface area contributed by atoms with Crippen molar-refractivity contribution in [2.45, 2.75) is 19.6 Å². The summed E-state index contributed by atoms with van der Waals surface area (Å²) in [5, 5.41) is 11.0. The van der Waals surface area contributed by atoms with Gasteiger partial charge in [-0.2, -0.15) is 0 Å². The number of carbonyl (C=O) groups is 1. The third-order valence-corrected chi connectivity index (χ3v) is 4.88. The van der Waals surface area contributed by atoms with Gasteiger partial charge in [-0.1, -0.05) is 23.2 Å². The second-order valence-electron chi connectivity index (χ2n) is 6.02. The molecule has 0 bridgehead atoms. The molecule has 1 aromatic heterocycles. The van der Waals surface area contributed by atoms with E-state index in [0.717, 1.165) is 0 Å². The van der Waals surface area contributed by atoms with Gasteiger partial charge < -0.3 is 19.8 Å². The van der Waals surface area contributed by atoms with E-state index < -0.39 is 16.8 Å². The summed E-state index contributed by atoms with van der Waals surface area (Å²) in [4.78, 5) is 28.1. The summed E-state index contributed by atoms with van der Waals surface area (Å²) in [7, 11) is 0. The predicted molar refractivity (Wildman–Crippen MR) is 95.3 cm³/mol. The molecule has 3 rings (SSSR count). The standard InChI is InChI=1S/C16H15Cl2FN4O4/c1-9-20-15(23(25)26)7-22(9)8-16(24)21-2-3-27-14(6-21)10-4-13(19)12(18)5-11(10)17/h4-5,7,14H,2-3,6,8H2,1H3. The molecule has 0 spiro atoms. The molecule has 8 nitrogen and oxygen atoms in total. The van der Waals surface area contributed by atoms with Crippen molar-refractivity contribution in [1.82, 2.24) is 14.5 Å². The highest BCUT2D eigenvalue weighted by molar-refractivity contribution is 6.35. The number of halogens is 3. The van der Waals surface area contributed by atoms with Crippen LogP contribution in [0.3, 0.4) is 0 Å². The van der Waals surface area contributed by atoms with Gasteiger partial charge in [-0.3, -0.25) is 9.36 Å². The van der Waals surface area contributed by atoms with Crippen molar-refractivity contribution >= 4 is 34.9 Å². The molecular formula is C16H15Cl2FN4O4. The maximum absolute atomic E-state index is 13.8. The Hall–Kier alpha value is -2.23. The number of nitro groups is 1. The molecule has 0 radical (unpaired) electrons. The summed E-state index contributed by atoms with van der Waals surface area (Å²) in [5.74, 6) is -0.833. The van der Waals surface area contributed by atoms with Crippen LogP contribution < -0.4 is 0 Å². The summed E-state index contributed by atoms with van der Waals surface area (Å²) >= 11 is 11.8. The Balaban J connectivity index is 1.73. The fourth-order valence-electron chi connectivity index (χ4n) is 2.83. The number of hydrogen-bond donors (Lipinski definition) is 0. The number of amides is 1. The zero-order chi connectivity index (χ0) is 19.7. The lowest BCUT2D eigenvalue weighted by molar-refractivity contribution is -0.389. The first-order valence-corrected chi connectivity index (χ1v) is 8.74. The van der Waals surface area contributed by atoms with Crippen LogP contribution in [0.15, 0.2) is 18.3 Å². The molecule has 11 heteroatoms. The lowest BCUT2D eigenvalue weighted by Crippen LogP contribution is -2.43. The Kier molecular flexibility index (Phi) is 5.64. The molecule has 1 saturated heterocycles. The zero-order valence-corrected chi connectivity index (χ0v) is 15.7. The molecule has 0 aliphatic carbocycles. The molecule has 144 valence electrons. The number of benzene rings is 1. The van der Waals surface area contributed by atoms with Crippen LogP contribution in [-0.2, 0) is 16.1 Å². The molecule has 2 aromatic rings. The smallest absolute Gasteiger partial charge is 0.370 e. The first-order chi connectivity index (χ1) is 12.8. The van der Waals surface area contributed by atoms with E-state index in [9.17, 15) is 19.3 Å². The molecule has 1 aliphatic rings. The Labute approximate surface area is 163 Å². The molecule has 1 aromatic carbocycles. The number of nitrogens with zero attached hydrogens (tertiary/aromatic N) is 4. The van der Waals surface area contributed by atoms with E-state index in [0.29, 0.717) is 17.9 Å². The van der Waals surface area contributed by atoms with Crippen molar-refractivity contribution in [2.75, 3.05) is 19.7 Å². The van der Waals surface area contributed by atoms with Crippen molar-refractivity contribution in [3.8, 4) is 0 Å². The van der Waals surface area contributed by atoms with E-state index in [-0.39, 0.29) is 41.5 Å². The Bertz CT molecular complexity index is 905. The van der Waals surface area contributed by atoms with Crippen molar-refractivity contribution in [3.05, 3.63) is 55.7 Å². The molecule has 1 atom stereocenters. The average molecular weight is 417 g/mol. The minimum Gasteiger partial charge on any atom is -0.370 e. The minimum atomic E-state index is -0.621. The summed E-state index contributed by atoms with van der Waals surface area (Å²) in [6, 6.07) is 2.50. The lowest BCUT2D eigenvalue weighted by Gasteiger charge is -2.33. The van der Waals surface area contributed by atoms with Crippen LogP contribution in [0, 0.1) is 22.9 Å². The number of aryl methyl sites for hydroxylation is 1.